The number of nitrogens with zero attached hydrogens (tertiary/aromatic N) is 1. The smallest absolute Gasteiger partial charge is 0.289 e. The molecule has 0 aromatic carbocycles. The van der Waals surface area contributed by atoms with Gasteiger partial charge in [-0.2, -0.15) is 0 Å². The topological polar surface area (TPSA) is 42.7 Å². The Morgan fingerprint density at radius 3 is 2.94 bits per heavy atom. The van der Waals surface area contributed by atoms with Gasteiger partial charge in [-0.1, -0.05) is 5.92 Å². The third kappa shape index (κ3) is 3.14. The molecular formula is C14H17NO3. The minimum absolute atomic E-state index is 0.0250. The van der Waals surface area contributed by atoms with Gasteiger partial charge in [0.15, 0.2) is 5.76 Å². The molecule has 2 heterocycles. The Bertz CT molecular complexity index is 411. The van der Waals surface area contributed by atoms with E-state index in [1.165, 1.54) is 6.26 Å². The lowest BCUT2D eigenvalue weighted by Crippen LogP contribution is -2.39. The number of hydrogen-bond donors (Lipinski definition) is 0. The highest BCUT2D eigenvalue weighted by molar-refractivity contribution is 5.91. The van der Waals surface area contributed by atoms with Gasteiger partial charge in [0, 0.05) is 13.1 Å². The van der Waals surface area contributed by atoms with Crippen molar-refractivity contribution in [2.24, 2.45) is 5.92 Å². The number of piperidine rings is 1. The monoisotopic (exact) mass is 247 g/mol. The lowest BCUT2D eigenvalue weighted by molar-refractivity contribution is 0.0556. The number of hydrogen-bond acceptors (Lipinski definition) is 3. The van der Waals surface area contributed by atoms with Gasteiger partial charge < -0.3 is 14.1 Å². The first-order valence-corrected chi connectivity index (χ1v) is 6.15. The molecule has 0 unspecified atom stereocenters. The Kier molecular flexibility index (Phi) is 4.43. The largest absolute Gasteiger partial charge is 0.459 e. The second-order valence-corrected chi connectivity index (χ2v) is 4.43. The van der Waals surface area contributed by atoms with E-state index in [1.54, 1.807) is 12.1 Å². The molecule has 2 rings (SSSR count). The van der Waals surface area contributed by atoms with Crippen LogP contribution in [-0.4, -0.2) is 37.1 Å². The Balaban J connectivity index is 1.77. The highest BCUT2D eigenvalue weighted by atomic mass is 16.5. The van der Waals surface area contributed by atoms with E-state index in [0.717, 1.165) is 25.9 Å². The highest BCUT2D eigenvalue weighted by Crippen LogP contribution is 2.19. The molecule has 1 aromatic heterocycles. The highest BCUT2D eigenvalue weighted by Gasteiger charge is 2.24. The molecule has 1 amide bonds. The van der Waals surface area contributed by atoms with E-state index in [4.69, 9.17) is 15.6 Å². The van der Waals surface area contributed by atoms with Gasteiger partial charge in [0.05, 0.1) is 12.9 Å². The molecule has 1 aliphatic rings. The van der Waals surface area contributed by atoms with E-state index in [2.05, 4.69) is 5.92 Å². The van der Waals surface area contributed by atoms with Gasteiger partial charge in [-0.05, 0) is 30.9 Å². The molecule has 1 fully saturated rings. The first-order chi connectivity index (χ1) is 8.81. The van der Waals surface area contributed by atoms with Crippen molar-refractivity contribution in [2.75, 3.05) is 26.3 Å². The molecule has 0 radical (unpaired) electrons. The van der Waals surface area contributed by atoms with Crippen LogP contribution in [0.4, 0.5) is 0 Å². The molecule has 0 saturated carbocycles. The number of furan rings is 1. The molecule has 0 atom stereocenters. The molecule has 0 N–H and O–H groups in total. The zero-order chi connectivity index (χ0) is 12.8. The third-order valence-corrected chi connectivity index (χ3v) is 3.17. The van der Waals surface area contributed by atoms with Crippen molar-refractivity contribution in [3.63, 3.8) is 0 Å². The van der Waals surface area contributed by atoms with Gasteiger partial charge in [0.25, 0.3) is 5.91 Å². The first kappa shape index (κ1) is 12.7. The van der Waals surface area contributed by atoms with Crippen molar-refractivity contribution in [1.29, 1.82) is 0 Å². The number of likely N-dealkylation sites (tertiary alicyclic amines) is 1. The van der Waals surface area contributed by atoms with Crippen molar-refractivity contribution >= 4 is 5.91 Å². The zero-order valence-electron chi connectivity index (χ0n) is 10.3. The summed E-state index contributed by atoms with van der Waals surface area (Å²) in [6.45, 7) is 2.56. The summed E-state index contributed by atoms with van der Waals surface area (Å²) in [7, 11) is 0. The fourth-order valence-corrected chi connectivity index (χ4v) is 2.14. The van der Waals surface area contributed by atoms with Crippen LogP contribution in [0.5, 0.6) is 0 Å². The van der Waals surface area contributed by atoms with Crippen molar-refractivity contribution in [1.82, 2.24) is 4.90 Å². The van der Waals surface area contributed by atoms with Crippen LogP contribution in [0, 0.1) is 18.3 Å². The zero-order valence-corrected chi connectivity index (χ0v) is 10.3. The standard InChI is InChI=1S/C14H17NO3/c1-2-9-17-11-12-5-7-15(8-6-12)14(16)13-4-3-10-18-13/h1,3-4,10,12H,5-9,11H2. The Labute approximate surface area is 107 Å². The van der Waals surface area contributed by atoms with Crippen molar-refractivity contribution in [3.8, 4) is 12.3 Å². The van der Waals surface area contributed by atoms with Gasteiger partial charge in [-0.3, -0.25) is 4.79 Å². The lowest BCUT2D eigenvalue weighted by Gasteiger charge is -2.31. The van der Waals surface area contributed by atoms with Crippen molar-refractivity contribution in [3.05, 3.63) is 24.2 Å². The van der Waals surface area contributed by atoms with Crippen LogP contribution in [0.15, 0.2) is 22.8 Å². The number of carbonyl (C=O) groups is 1. The van der Waals surface area contributed by atoms with Gasteiger partial charge in [0.1, 0.15) is 6.61 Å². The van der Waals surface area contributed by atoms with Gasteiger partial charge in [-0.25, -0.2) is 0 Å². The van der Waals surface area contributed by atoms with Gasteiger partial charge in [-0.15, -0.1) is 6.42 Å². The first-order valence-electron chi connectivity index (χ1n) is 6.15. The summed E-state index contributed by atoms with van der Waals surface area (Å²) in [6, 6.07) is 3.43. The van der Waals surface area contributed by atoms with Crippen LogP contribution < -0.4 is 0 Å². The molecule has 1 saturated heterocycles. The minimum atomic E-state index is -0.0250. The Morgan fingerprint density at radius 2 is 2.33 bits per heavy atom. The summed E-state index contributed by atoms with van der Waals surface area (Å²) in [5, 5.41) is 0. The lowest BCUT2D eigenvalue weighted by atomic mass is 9.97. The second kappa shape index (κ2) is 6.27. The quantitative estimate of drug-likeness (QED) is 0.601. The summed E-state index contributed by atoms with van der Waals surface area (Å²) in [5.74, 6) is 3.34. The van der Waals surface area contributed by atoms with E-state index in [1.807, 2.05) is 4.90 Å². The Hall–Kier alpha value is -1.73. The fourth-order valence-electron chi connectivity index (χ4n) is 2.14. The van der Waals surface area contributed by atoms with Crippen LogP contribution in [0.1, 0.15) is 23.4 Å². The summed E-state index contributed by atoms with van der Waals surface area (Å²) >= 11 is 0. The van der Waals surface area contributed by atoms with Gasteiger partial charge >= 0.3 is 0 Å². The third-order valence-electron chi connectivity index (χ3n) is 3.17. The summed E-state index contributed by atoms with van der Waals surface area (Å²) < 4.78 is 10.4. The maximum absolute atomic E-state index is 12.0. The average molecular weight is 247 g/mol. The van der Waals surface area contributed by atoms with Crippen LogP contribution in [-0.2, 0) is 4.74 Å². The number of rotatable bonds is 4. The number of carbonyl (C=O) groups excluding carboxylic acids is 1. The van der Waals surface area contributed by atoms with E-state index in [0.29, 0.717) is 24.9 Å². The van der Waals surface area contributed by atoms with E-state index >= 15 is 0 Å². The van der Waals surface area contributed by atoms with Crippen molar-refractivity contribution < 1.29 is 13.9 Å². The normalized spacial score (nSPS) is 16.5. The number of terminal acetylenes is 1. The molecule has 96 valence electrons. The van der Waals surface area contributed by atoms with Crippen LogP contribution in [0.25, 0.3) is 0 Å². The van der Waals surface area contributed by atoms with Crippen LogP contribution in [0.3, 0.4) is 0 Å². The minimum Gasteiger partial charge on any atom is -0.459 e. The second-order valence-electron chi connectivity index (χ2n) is 4.43. The maximum atomic E-state index is 12.0. The average Bonchev–Trinajstić information content (AvgIpc) is 2.93. The summed E-state index contributed by atoms with van der Waals surface area (Å²) in [4.78, 5) is 13.8. The molecule has 0 bridgehead atoms. The molecule has 0 spiro atoms. The fraction of sp³-hybridized carbons (Fsp3) is 0.500. The van der Waals surface area contributed by atoms with Crippen LogP contribution >= 0.6 is 0 Å². The molecule has 18 heavy (non-hydrogen) atoms. The SMILES string of the molecule is C#CCOCC1CCN(C(=O)c2ccco2)CC1. The predicted molar refractivity (Wildman–Crippen MR) is 67.0 cm³/mol. The molecule has 4 nitrogen and oxygen atoms in total. The summed E-state index contributed by atoms with van der Waals surface area (Å²) in [6.07, 6.45) is 8.55. The van der Waals surface area contributed by atoms with Crippen molar-refractivity contribution in [2.45, 2.75) is 12.8 Å². The van der Waals surface area contributed by atoms with E-state index in [-0.39, 0.29) is 5.91 Å². The van der Waals surface area contributed by atoms with Gasteiger partial charge in [0.2, 0.25) is 0 Å². The molecule has 0 aliphatic carbocycles. The number of ether oxygens (including phenoxy) is 1. The molecule has 1 aliphatic heterocycles. The summed E-state index contributed by atoms with van der Waals surface area (Å²) in [5.41, 5.74) is 0. The Morgan fingerprint density at radius 1 is 1.56 bits per heavy atom. The number of amides is 1. The molecular weight excluding hydrogens is 230 g/mol. The molecule has 4 heteroatoms. The van der Waals surface area contributed by atoms with E-state index < -0.39 is 0 Å². The van der Waals surface area contributed by atoms with Crippen LogP contribution in [0.2, 0.25) is 0 Å². The van der Waals surface area contributed by atoms with E-state index in [9.17, 15) is 4.79 Å². The maximum Gasteiger partial charge on any atom is 0.289 e. The predicted octanol–water partition coefficient (Wildman–Crippen LogP) is 1.78. The molecule has 1 aromatic rings.